The third-order valence-corrected chi connectivity index (χ3v) is 4.59. The van der Waals surface area contributed by atoms with E-state index in [1.165, 1.54) is 37.0 Å². The number of amides is 3. The van der Waals surface area contributed by atoms with E-state index in [2.05, 4.69) is 17.6 Å². The van der Waals surface area contributed by atoms with Gasteiger partial charge in [-0.2, -0.15) is 0 Å². The molecule has 0 spiro atoms. The maximum atomic E-state index is 11.9. The molecule has 2 fully saturated rings. The predicted molar refractivity (Wildman–Crippen MR) is 77.5 cm³/mol. The summed E-state index contributed by atoms with van der Waals surface area (Å²) in [6, 6.07) is -0.0635. The van der Waals surface area contributed by atoms with Crippen molar-refractivity contribution in [1.29, 1.82) is 0 Å². The van der Waals surface area contributed by atoms with E-state index < -0.39 is 0 Å². The molecular weight excluding hydrogens is 254 g/mol. The molecular formula is C15H28N3O2+. The van der Waals surface area contributed by atoms with Crippen LogP contribution in [0.2, 0.25) is 0 Å². The SMILES string of the molecule is CC1CC[NH+](CC(=O)NC(=O)NC2CCCCC2)CC1. The number of hydrogen-bond donors (Lipinski definition) is 3. The van der Waals surface area contributed by atoms with Crippen molar-refractivity contribution in [3.05, 3.63) is 0 Å². The first-order valence-corrected chi connectivity index (χ1v) is 8.07. The lowest BCUT2D eigenvalue weighted by molar-refractivity contribution is -0.898. The van der Waals surface area contributed by atoms with E-state index in [1.54, 1.807) is 0 Å². The van der Waals surface area contributed by atoms with Crippen molar-refractivity contribution >= 4 is 11.9 Å². The lowest BCUT2D eigenvalue weighted by Gasteiger charge is -2.27. The molecule has 1 heterocycles. The third kappa shape index (κ3) is 5.12. The van der Waals surface area contributed by atoms with Gasteiger partial charge in [0.2, 0.25) is 0 Å². The largest absolute Gasteiger partial charge is 0.335 e. The molecule has 1 aliphatic carbocycles. The smallest absolute Gasteiger partial charge is 0.321 e. The first-order chi connectivity index (χ1) is 9.63. The lowest BCUT2D eigenvalue weighted by Crippen LogP contribution is -3.14. The molecule has 1 saturated carbocycles. The summed E-state index contributed by atoms with van der Waals surface area (Å²) in [5, 5.41) is 5.39. The summed E-state index contributed by atoms with van der Waals surface area (Å²) in [5.41, 5.74) is 0. The zero-order chi connectivity index (χ0) is 14.4. The second-order valence-electron chi connectivity index (χ2n) is 6.47. The first kappa shape index (κ1) is 15.3. The topological polar surface area (TPSA) is 62.6 Å². The highest BCUT2D eigenvalue weighted by atomic mass is 16.2. The van der Waals surface area contributed by atoms with E-state index in [-0.39, 0.29) is 18.0 Å². The van der Waals surface area contributed by atoms with Crippen molar-refractivity contribution in [2.75, 3.05) is 19.6 Å². The summed E-state index contributed by atoms with van der Waals surface area (Å²) in [6.07, 6.45) is 8.04. The Labute approximate surface area is 121 Å². The van der Waals surface area contributed by atoms with Crippen molar-refractivity contribution in [2.24, 2.45) is 5.92 Å². The van der Waals surface area contributed by atoms with E-state index in [0.29, 0.717) is 6.54 Å². The summed E-state index contributed by atoms with van der Waals surface area (Å²) >= 11 is 0. The third-order valence-electron chi connectivity index (χ3n) is 4.59. The molecule has 0 bridgehead atoms. The van der Waals surface area contributed by atoms with Gasteiger partial charge in [-0.3, -0.25) is 10.1 Å². The Bertz CT molecular complexity index is 332. The van der Waals surface area contributed by atoms with Gasteiger partial charge in [-0.1, -0.05) is 26.2 Å². The van der Waals surface area contributed by atoms with Crippen LogP contribution in [0, 0.1) is 5.92 Å². The zero-order valence-electron chi connectivity index (χ0n) is 12.5. The van der Waals surface area contributed by atoms with Crippen LogP contribution in [0.25, 0.3) is 0 Å². The van der Waals surface area contributed by atoms with Crippen molar-refractivity contribution in [2.45, 2.75) is 57.9 Å². The Morgan fingerprint density at radius 3 is 2.35 bits per heavy atom. The van der Waals surface area contributed by atoms with Crippen molar-refractivity contribution in [3.8, 4) is 0 Å². The normalized spacial score (nSPS) is 27.9. The van der Waals surface area contributed by atoms with Crippen LogP contribution in [0.3, 0.4) is 0 Å². The van der Waals surface area contributed by atoms with Crippen LogP contribution < -0.4 is 15.5 Å². The second-order valence-corrected chi connectivity index (χ2v) is 6.47. The van der Waals surface area contributed by atoms with Crippen LogP contribution in [0.5, 0.6) is 0 Å². The second kappa shape index (κ2) is 7.62. The van der Waals surface area contributed by atoms with E-state index in [0.717, 1.165) is 31.8 Å². The fourth-order valence-electron chi connectivity index (χ4n) is 3.21. The number of rotatable bonds is 3. The molecule has 1 aliphatic heterocycles. The van der Waals surface area contributed by atoms with E-state index in [1.807, 2.05) is 0 Å². The average molecular weight is 282 g/mol. The molecule has 5 nitrogen and oxygen atoms in total. The maximum absolute atomic E-state index is 11.9. The molecule has 2 rings (SSSR count). The molecule has 0 aromatic carbocycles. The number of nitrogens with one attached hydrogen (secondary N) is 3. The van der Waals surface area contributed by atoms with Gasteiger partial charge in [0.25, 0.3) is 5.91 Å². The zero-order valence-corrected chi connectivity index (χ0v) is 12.5. The van der Waals surface area contributed by atoms with E-state index in [9.17, 15) is 9.59 Å². The number of imide groups is 1. The van der Waals surface area contributed by atoms with Crippen LogP contribution in [0.1, 0.15) is 51.9 Å². The van der Waals surface area contributed by atoms with Crippen LogP contribution in [0.15, 0.2) is 0 Å². The van der Waals surface area contributed by atoms with Gasteiger partial charge in [0.1, 0.15) is 0 Å². The number of piperidine rings is 1. The quantitative estimate of drug-likeness (QED) is 0.704. The number of quaternary nitrogens is 1. The van der Waals surface area contributed by atoms with Crippen LogP contribution >= 0.6 is 0 Å². The van der Waals surface area contributed by atoms with Crippen molar-refractivity contribution in [1.82, 2.24) is 10.6 Å². The number of likely N-dealkylation sites (tertiary alicyclic amines) is 1. The van der Waals surface area contributed by atoms with Crippen LogP contribution in [-0.4, -0.2) is 37.6 Å². The molecule has 1 saturated heterocycles. The standard InChI is InChI=1S/C15H27N3O2/c1-12-7-9-18(10-8-12)11-14(19)17-15(20)16-13-5-3-2-4-6-13/h12-13H,2-11H2,1H3,(H2,16,17,19,20)/p+1. The Morgan fingerprint density at radius 1 is 1.05 bits per heavy atom. The molecule has 5 heteroatoms. The molecule has 0 atom stereocenters. The summed E-state index contributed by atoms with van der Waals surface area (Å²) in [7, 11) is 0. The van der Waals surface area contributed by atoms with Gasteiger partial charge in [0.15, 0.2) is 6.54 Å². The van der Waals surface area contributed by atoms with Gasteiger partial charge in [-0.05, 0) is 31.6 Å². The number of carbonyl (C=O) groups is 2. The van der Waals surface area contributed by atoms with Gasteiger partial charge in [-0.25, -0.2) is 4.79 Å². The highest BCUT2D eigenvalue weighted by molar-refractivity contribution is 5.94. The molecule has 20 heavy (non-hydrogen) atoms. The Kier molecular flexibility index (Phi) is 5.83. The molecule has 114 valence electrons. The lowest BCUT2D eigenvalue weighted by atomic mass is 9.96. The minimum atomic E-state index is -0.313. The summed E-state index contributed by atoms with van der Waals surface area (Å²) in [4.78, 5) is 24.9. The minimum Gasteiger partial charge on any atom is -0.335 e. The predicted octanol–water partition coefficient (Wildman–Crippen LogP) is 0.460. The summed E-state index contributed by atoms with van der Waals surface area (Å²) < 4.78 is 0. The molecule has 3 N–H and O–H groups in total. The maximum Gasteiger partial charge on any atom is 0.321 e. The minimum absolute atomic E-state index is 0.150. The van der Waals surface area contributed by atoms with Gasteiger partial charge in [0.05, 0.1) is 13.1 Å². The fourth-order valence-corrected chi connectivity index (χ4v) is 3.21. The molecule has 3 amide bonds. The van der Waals surface area contributed by atoms with Gasteiger partial charge in [0, 0.05) is 6.04 Å². The van der Waals surface area contributed by atoms with E-state index in [4.69, 9.17) is 0 Å². The fraction of sp³-hybridized carbons (Fsp3) is 0.867. The Hall–Kier alpha value is -1.10. The summed E-state index contributed by atoms with van der Waals surface area (Å²) in [6.45, 7) is 4.76. The molecule has 0 radical (unpaired) electrons. The Balaban J connectivity index is 1.64. The number of carbonyl (C=O) groups excluding carboxylic acids is 2. The Morgan fingerprint density at radius 2 is 1.70 bits per heavy atom. The molecule has 2 aliphatic rings. The van der Waals surface area contributed by atoms with Gasteiger partial charge < -0.3 is 10.2 Å². The highest BCUT2D eigenvalue weighted by Crippen LogP contribution is 2.17. The van der Waals surface area contributed by atoms with E-state index >= 15 is 0 Å². The summed E-state index contributed by atoms with van der Waals surface area (Å²) in [5.74, 6) is 0.624. The first-order valence-electron chi connectivity index (χ1n) is 8.07. The molecule has 0 aromatic heterocycles. The van der Waals surface area contributed by atoms with Crippen molar-refractivity contribution < 1.29 is 14.5 Å². The van der Waals surface area contributed by atoms with Crippen LogP contribution in [-0.2, 0) is 4.79 Å². The highest BCUT2D eigenvalue weighted by Gasteiger charge is 2.23. The van der Waals surface area contributed by atoms with Crippen LogP contribution in [0.4, 0.5) is 4.79 Å². The van der Waals surface area contributed by atoms with Gasteiger partial charge >= 0.3 is 6.03 Å². The molecule has 0 unspecified atom stereocenters. The van der Waals surface area contributed by atoms with Gasteiger partial charge in [-0.15, -0.1) is 0 Å². The van der Waals surface area contributed by atoms with Crippen molar-refractivity contribution in [3.63, 3.8) is 0 Å². The number of urea groups is 1. The average Bonchev–Trinajstić information content (AvgIpc) is 2.42. The monoisotopic (exact) mass is 282 g/mol. The number of hydrogen-bond acceptors (Lipinski definition) is 2. The molecule has 0 aromatic rings.